The van der Waals surface area contributed by atoms with Gasteiger partial charge >= 0.3 is 6.03 Å². The number of methoxy groups -OCH3 is 1. The van der Waals surface area contributed by atoms with Crippen molar-refractivity contribution in [1.29, 1.82) is 0 Å². The summed E-state index contributed by atoms with van der Waals surface area (Å²) in [6.45, 7) is 1.26. The summed E-state index contributed by atoms with van der Waals surface area (Å²) in [4.78, 5) is 25.9. The number of hydrogen-bond acceptors (Lipinski definition) is 3. The Bertz CT molecular complexity index is 1010. The SMILES string of the molecule is COc1ccc2cc(CN(C)C(=O)CCNC(=O)NCc3ccccc3)ccc2c1. The maximum atomic E-state index is 12.4. The average Bonchev–Trinajstić information content (AvgIpc) is 2.77. The summed E-state index contributed by atoms with van der Waals surface area (Å²) >= 11 is 0. The van der Waals surface area contributed by atoms with Crippen LogP contribution in [0.5, 0.6) is 5.75 Å². The van der Waals surface area contributed by atoms with Gasteiger partial charge in [-0.25, -0.2) is 4.79 Å². The van der Waals surface area contributed by atoms with Gasteiger partial charge in [-0.05, 0) is 40.1 Å². The van der Waals surface area contributed by atoms with Crippen molar-refractivity contribution in [2.24, 2.45) is 0 Å². The van der Waals surface area contributed by atoms with Gasteiger partial charge in [-0.3, -0.25) is 4.79 Å². The Balaban J connectivity index is 1.43. The van der Waals surface area contributed by atoms with Gasteiger partial charge in [-0.15, -0.1) is 0 Å². The molecule has 0 unspecified atom stereocenters. The Morgan fingerprint density at radius 2 is 1.63 bits per heavy atom. The number of nitrogens with one attached hydrogen (secondary N) is 2. The fourth-order valence-electron chi connectivity index (χ4n) is 3.18. The molecule has 0 radical (unpaired) electrons. The number of hydrogen-bond donors (Lipinski definition) is 2. The van der Waals surface area contributed by atoms with Gasteiger partial charge in [0, 0.05) is 33.1 Å². The molecule has 3 rings (SSSR count). The van der Waals surface area contributed by atoms with Crippen LogP contribution in [0.1, 0.15) is 17.5 Å². The molecule has 0 saturated carbocycles. The van der Waals surface area contributed by atoms with Crippen LogP contribution >= 0.6 is 0 Å². The summed E-state index contributed by atoms with van der Waals surface area (Å²) in [6, 6.07) is 21.4. The number of rotatable bonds is 8. The van der Waals surface area contributed by atoms with Gasteiger partial charge in [0.05, 0.1) is 7.11 Å². The highest BCUT2D eigenvalue weighted by Crippen LogP contribution is 2.22. The van der Waals surface area contributed by atoms with Gasteiger partial charge in [-0.1, -0.05) is 48.5 Å². The Hall–Kier alpha value is -3.54. The largest absolute Gasteiger partial charge is 0.497 e. The maximum Gasteiger partial charge on any atom is 0.315 e. The number of amides is 3. The molecule has 0 fully saturated rings. The zero-order valence-corrected chi connectivity index (χ0v) is 17.4. The van der Waals surface area contributed by atoms with E-state index in [-0.39, 0.29) is 18.4 Å². The van der Waals surface area contributed by atoms with Crippen molar-refractivity contribution in [2.45, 2.75) is 19.5 Å². The molecule has 0 aromatic heterocycles. The van der Waals surface area contributed by atoms with E-state index in [1.54, 1.807) is 19.1 Å². The lowest BCUT2D eigenvalue weighted by Gasteiger charge is -2.18. The van der Waals surface area contributed by atoms with Crippen LogP contribution in [-0.2, 0) is 17.9 Å². The van der Waals surface area contributed by atoms with E-state index >= 15 is 0 Å². The minimum atomic E-state index is -0.278. The van der Waals surface area contributed by atoms with E-state index in [1.807, 2.05) is 60.7 Å². The molecule has 6 heteroatoms. The number of carbonyl (C=O) groups is 2. The lowest BCUT2D eigenvalue weighted by atomic mass is 10.1. The van der Waals surface area contributed by atoms with E-state index < -0.39 is 0 Å². The van der Waals surface area contributed by atoms with Crippen LogP contribution in [0.25, 0.3) is 10.8 Å². The standard InChI is InChI=1S/C24H27N3O3/c1-27(17-19-8-9-21-15-22(30-2)11-10-20(21)14-19)23(28)12-13-25-24(29)26-16-18-6-4-3-5-7-18/h3-11,14-15H,12-13,16-17H2,1-2H3,(H2,25,26,29). The second-order valence-corrected chi connectivity index (χ2v) is 7.14. The molecule has 0 saturated heterocycles. The monoisotopic (exact) mass is 405 g/mol. The molecule has 0 aliphatic carbocycles. The highest BCUT2D eigenvalue weighted by Gasteiger charge is 2.10. The topological polar surface area (TPSA) is 70.7 Å². The molecule has 6 nitrogen and oxygen atoms in total. The first-order valence-corrected chi connectivity index (χ1v) is 9.91. The summed E-state index contributed by atoms with van der Waals surface area (Å²) in [5.74, 6) is 0.802. The smallest absolute Gasteiger partial charge is 0.315 e. The van der Waals surface area contributed by atoms with Crippen molar-refractivity contribution in [1.82, 2.24) is 15.5 Å². The highest BCUT2D eigenvalue weighted by molar-refractivity contribution is 5.84. The predicted octanol–water partition coefficient (Wildman–Crippen LogP) is 3.70. The molecule has 0 atom stereocenters. The minimum absolute atomic E-state index is 0.0202. The highest BCUT2D eigenvalue weighted by atomic mass is 16.5. The molecule has 156 valence electrons. The van der Waals surface area contributed by atoms with E-state index in [0.29, 0.717) is 19.6 Å². The number of ether oxygens (including phenoxy) is 1. The van der Waals surface area contributed by atoms with Gasteiger partial charge < -0.3 is 20.3 Å². The molecular formula is C24H27N3O3. The fraction of sp³-hybridized carbons (Fsp3) is 0.250. The molecule has 3 aromatic rings. The van der Waals surface area contributed by atoms with Gasteiger partial charge in [0.15, 0.2) is 0 Å². The molecule has 0 aliphatic rings. The summed E-state index contributed by atoms with van der Waals surface area (Å²) in [5.41, 5.74) is 2.08. The molecular weight excluding hydrogens is 378 g/mol. The van der Waals surface area contributed by atoms with E-state index in [4.69, 9.17) is 4.74 Å². The number of urea groups is 1. The van der Waals surface area contributed by atoms with Crippen molar-refractivity contribution in [2.75, 3.05) is 20.7 Å². The number of carbonyl (C=O) groups excluding carboxylic acids is 2. The molecule has 0 spiro atoms. The summed E-state index contributed by atoms with van der Waals surface area (Å²) in [7, 11) is 3.42. The lowest BCUT2D eigenvalue weighted by Crippen LogP contribution is -2.37. The molecule has 0 aliphatic heterocycles. The first kappa shape index (κ1) is 21.2. The van der Waals surface area contributed by atoms with Crippen LogP contribution in [-0.4, -0.2) is 37.5 Å². The Morgan fingerprint density at radius 3 is 2.40 bits per heavy atom. The number of nitrogens with zero attached hydrogens (tertiary/aromatic N) is 1. The number of fused-ring (bicyclic) bond motifs is 1. The first-order valence-electron chi connectivity index (χ1n) is 9.91. The van der Waals surface area contributed by atoms with Crippen LogP contribution in [0, 0.1) is 0 Å². The molecule has 3 aromatic carbocycles. The van der Waals surface area contributed by atoms with Crippen molar-refractivity contribution in [3.05, 3.63) is 77.9 Å². The minimum Gasteiger partial charge on any atom is -0.497 e. The first-order chi connectivity index (χ1) is 14.5. The average molecular weight is 405 g/mol. The van der Waals surface area contributed by atoms with Gasteiger partial charge in [0.25, 0.3) is 0 Å². The van der Waals surface area contributed by atoms with Crippen LogP contribution in [0.15, 0.2) is 66.7 Å². The van der Waals surface area contributed by atoms with Crippen molar-refractivity contribution >= 4 is 22.7 Å². The van der Waals surface area contributed by atoms with E-state index in [9.17, 15) is 9.59 Å². The second-order valence-electron chi connectivity index (χ2n) is 7.14. The maximum absolute atomic E-state index is 12.4. The molecule has 0 bridgehead atoms. The Morgan fingerprint density at radius 1 is 0.900 bits per heavy atom. The third-order valence-corrected chi connectivity index (χ3v) is 4.88. The zero-order chi connectivity index (χ0) is 21.3. The van der Waals surface area contributed by atoms with Gasteiger partial charge in [0.1, 0.15) is 5.75 Å². The summed E-state index contributed by atoms with van der Waals surface area (Å²) in [6.07, 6.45) is 0.250. The van der Waals surface area contributed by atoms with Crippen LogP contribution < -0.4 is 15.4 Å². The Kier molecular flexibility index (Phi) is 7.27. The third-order valence-electron chi connectivity index (χ3n) is 4.88. The Labute approximate surface area is 176 Å². The predicted molar refractivity (Wildman–Crippen MR) is 118 cm³/mol. The van der Waals surface area contributed by atoms with Crippen molar-refractivity contribution in [3.8, 4) is 5.75 Å². The van der Waals surface area contributed by atoms with Crippen LogP contribution in [0.2, 0.25) is 0 Å². The lowest BCUT2D eigenvalue weighted by molar-refractivity contribution is -0.130. The van der Waals surface area contributed by atoms with Gasteiger partial charge in [0.2, 0.25) is 5.91 Å². The van der Waals surface area contributed by atoms with Crippen molar-refractivity contribution < 1.29 is 14.3 Å². The summed E-state index contributed by atoms with van der Waals surface area (Å²) < 4.78 is 5.25. The third kappa shape index (κ3) is 5.98. The van der Waals surface area contributed by atoms with Gasteiger partial charge in [-0.2, -0.15) is 0 Å². The molecule has 30 heavy (non-hydrogen) atoms. The normalized spacial score (nSPS) is 10.5. The number of benzene rings is 3. The molecule has 3 amide bonds. The fourth-order valence-corrected chi connectivity index (χ4v) is 3.18. The molecule has 2 N–H and O–H groups in total. The molecule has 0 heterocycles. The van der Waals surface area contributed by atoms with E-state index in [2.05, 4.69) is 16.7 Å². The second kappa shape index (κ2) is 10.3. The van der Waals surface area contributed by atoms with Crippen LogP contribution in [0.4, 0.5) is 4.79 Å². The van der Waals surface area contributed by atoms with Crippen LogP contribution in [0.3, 0.4) is 0 Å². The van der Waals surface area contributed by atoms with Crippen molar-refractivity contribution in [3.63, 3.8) is 0 Å². The van der Waals surface area contributed by atoms with E-state index in [0.717, 1.165) is 27.6 Å². The van der Waals surface area contributed by atoms with E-state index in [1.165, 1.54) is 0 Å². The quantitative estimate of drug-likeness (QED) is 0.600. The zero-order valence-electron chi connectivity index (χ0n) is 17.4. The summed E-state index contributed by atoms with van der Waals surface area (Å²) in [5, 5.41) is 7.71.